The molecule has 0 N–H and O–H groups in total. The lowest BCUT2D eigenvalue weighted by Crippen LogP contribution is -2.27. The van der Waals surface area contributed by atoms with Gasteiger partial charge in [-0.3, -0.25) is 4.79 Å². The normalized spacial score (nSPS) is 11.6. The topological polar surface area (TPSA) is 64.2 Å². The highest BCUT2D eigenvalue weighted by molar-refractivity contribution is 7.99. The van der Waals surface area contributed by atoms with E-state index >= 15 is 0 Å². The van der Waals surface area contributed by atoms with Crippen molar-refractivity contribution in [3.8, 4) is 11.4 Å². The second-order valence-electron chi connectivity index (χ2n) is 7.81. The van der Waals surface area contributed by atoms with Crippen LogP contribution in [0.4, 0.5) is 0 Å². The lowest BCUT2D eigenvalue weighted by Gasteiger charge is -2.19. The van der Waals surface area contributed by atoms with Crippen molar-refractivity contribution >= 4 is 17.7 Å². The zero-order valence-electron chi connectivity index (χ0n) is 17.0. The number of furan rings is 1. The average Bonchev–Trinajstić information content (AvgIpc) is 3.29. The van der Waals surface area contributed by atoms with Gasteiger partial charge < -0.3 is 13.9 Å². The quantitative estimate of drug-likeness (QED) is 0.584. The van der Waals surface area contributed by atoms with E-state index in [9.17, 15) is 4.79 Å². The molecule has 6 nitrogen and oxygen atoms in total. The highest BCUT2D eigenvalue weighted by atomic mass is 32.2. The number of hydrogen-bond donors (Lipinski definition) is 0. The third kappa shape index (κ3) is 4.65. The predicted octanol–water partition coefficient (Wildman–Crippen LogP) is 4.12. The van der Waals surface area contributed by atoms with E-state index in [4.69, 9.17) is 4.42 Å². The molecule has 0 spiro atoms. The van der Waals surface area contributed by atoms with Gasteiger partial charge in [-0.1, -0.05) is 56.8 Å². The second-order valence-corrected chi connectivity index (χ2v) is 8.75. The molecule has 2 heterocycles. The van der Waals surface area contributed by atoms with E-state index < -0.39 is 0 Å². The Hall–Kier alpha value is -2.54. The minimum Gasteiger partial charge on any atom is -0.467 e. The summed E-state index contributed by atoms with van der Waals surface area (Å²) in [6.07, 6.45) is 1.61. The molecule has 0 fully saturated rings. The predicted molar refractivity (Wildman–Crippen MR) is 111 cm³/mol. The van der Waals surface area contributed by atoms with Crippen molar-refractivity contribution in [2.45, 2.75) is 37.9 Å². The smallest absolute Gasteiger partial charge is 0.233 e. The van der Waals surface area contributed by atoms with Gasteiger partial charge >= 0.3 is 0 Å². The molecule has 0 saturated heterocycles. The molecule has 3 aromatic rings. The van der Waals surface area contributed by atoms with Crippen LogP contribution in [0.15, 0.2) is 52.2 Å². The van der Waals surface area contributed by atoms with Crippen LogP contribution in [-0.4, -0.2) is 38.4 Å². The SMILES string of the molecule is CN(Cc1ccco1)C(=O)CSc1nnc(-c2ccc(C(C)(C)C)cc2)n1C. The molecule has 3 rings (SSSR count). The summed E-state index contributed by atoms with van der Waals surface area (Å²) in [4.78, 5) is 14.0. The van der Waals surface area contributed by atoms with Crippen LogP contribution in [-0.2, 0) is 23.8 Å². The lowest BCUT2D eigenvalue weighted by atomic mass is 9.87. The molecule has 0 aliphatic rings. The monoisotopic (exact) mass is 398 g/mol. The third-order valence-electron chi connectivity index (χ3n) is 4.57. The van der Waals surface area contributed by atoms with E-state index in [0.717, 1.165) is 22.3 Å². The fourth-order valence-electron chi connectivity index (χ4n) is 2.77. The van der Waals surface area contributed by atoms with Gasteiger partial charge in [0.2, 0.25) is 5.91 Å². The Bertz CT molecular complexity index is 924. The van der Waals surface area contributed by atoms with Crippen LogP contribution in [0.3, 0.4) is 0 Å². The van der Waals surface area contributed by atoms with Gasteiger partial charge in [-0.05, 0) is 23.1 Å². The van der Waals surface area contributed by atoms with E-state index in [1.54, 1.807) is 18.2 Å². The largest absolute Gasteiger partial charge is 0.467 e. The molecule has 0 unspecified atom stereocenters. The number of amides is 1. The molecule has 148 valence electrons. The van der Waals surface area contributed by atoms with Crippen molar-refractivity contribution in [2.24, 2.45) is 7.05 Å². The maximum absolute atomic E-state index is 12.4. The van der Waals surface area contributed by atoms with Crippen LogP contribution in [0.25, 0.3) is 11.4 Å². The number of carbonyl (C=O) groups is 1. The van der Waals surface area contributed by atoms with Gasteiger partial charge in [0.05, 0.1) is 18.6 Å². The number of nitrogens with zero attached hydrogens (tertiary/aromatic N) is 4. The summed E-state index contributed by atoms with van der Waals surface area (Å²) in [5.41, 5.74) is 2.40. The highest BCUT2D eigenvalue weighted by Crippen LogP contribution is 2.27. The van der Waals surface area contributed by atoms with Gasteiger partial charge in [0, 0.05) is 19.7 Å². The molecule has 2 aromatic heterocycles. The van der Waals surface area contributed by atoms with Gasteiger partial charge in [-0.25, -0.2) is 0 Å². The van der Waals surface area contributed by atoms with E-state index in [-0.39, 0.29) is 11.3 Å². The first-order valence-corrected chi connectivity index (χ1v) is 10.1. The average molecular weight is 399 g/mol. The van der Waals surface area contributed by atoms with Gasteiger partial charge in [0.15, 0.2) is 11.0 Å². The van der Waals surface area contributed by atoms with Crippen LogP contribution in [0, 0.1) is 0 Å². The summed E-state index contributed by atoms with van der Waals surface area (Å²) in [6.45, 7) is 7.04. The Morgan fingerprint density at radius 2 is 1.89 bits per heavy atom. The molecule has 0 aliphatic carbocycles. The Morgan fingerprint density at radius 1 is 1.18 bits per heavy atom. The summed E-state index contributed by atoms with van der Waals surface area (Å²) in [6, 6.07) is 12.1. The number of carbonyl (C=O) groups excluding carboxylic acids is 1. The Kier molecular flexibility index (Phi) is 5.93. The molecule has 7 heteroatoms. The number of benzene rings is 1. The Morgan fingerprint density at radius 3 is 2.50 bits per heavy atom. The van der Waals surface area contributed by atoms with Crippen molar-refractivity contribution in [2.75, 3.05) is 12.8 Å². The zero-order valence-corrected chi connectivity index (χ0v) is 17.8. The van der Waals surface area contributed by atoms with Crippen LogP contribution in [0.2, 0.25) is 0 Å². The highest BCUT2D eigenvalue weighted by Gasteiger charge is 2.17. The summed E-state index contributed by atoms with van der Waals surface area (Å²) < 4.78 is 7.22. The molecule has 1 amide bonds. The molecule has 28 heavy (non-hydrogen) atoms. The van der Waals surface area contributed by atoms with Crippen molar-refractivity contribution < 1.29 is 9.21 Å². The molecular formula is C21H26N4O2S. The molecule has 0 radical (unpaired) electrons. The first-order chi connectivity index (χ1) is 13.3. The second kappa shape index (κ2) is 8.22. The molecular weight excluding hydrogens is 372 g/mol. The summed E-state index contributed by atoms with van der Waals surface area (Å²) >= 11 is 1.39. The van der Waals surface area contributed by atoms with Gasteiger partial charge in [0.1, 0.15) is 5.76 Å². The standard InChI is InChI=1S/C21H26N4O2S/c1-21(2,3)16-10-8-15(9-11-16)19-22-23-20(25(19)5)28-14-18(26)24(4)13-17-7-6-12-27-17/h6-12H,13-14H2,1-5H3. The minimum absolute atomic E-state index is 0.0143. The van der Waals surface area contributed by atoms with Crippen molar-refractivity contribution in [3.05, 3.63) is 54.0 Å². The van der Waals surface area contributed by atoms with E-state index in [2.05, 4.69) is 55.2 Å². The molecule has 1 aromatic carbocycles. The molecule has 0 atom stereocenters. The van der Waals surface area contributed by atoms with Crippen LogP contribution in [0.1, 0.15) is 32.1 Å². The lowest BCUT2D eigenvalue weighted by molar-refractivity contribution is -0.127. The maximum atomic E-state index is 12.4. The van der Waals surface area contributed by atoms with Crippen LogP contribution < -0.4 is 0 Å². The Labute approximate surface area is 169 Å². The minimum atomic E-state index is 0.0143. The Balaban J connectivity index is 1.64. The maximum Gasteiger partial charge on any atom is 0.233 e. The first kappa shape index (κ1) is 20.2. The fraction of sp³-hybridized carbons (Fsp3) is 0.381. The van der Waals surface area contributed by atoms with Crippen LogP contribution >= 0.6 is 11.8 Å². The number of thioether (sulfide) groups is 1. The van der Waals surface area contributed by atoms with Gasteiger partial charge in [-0.15, -0.1) is 10.2 Å². The van der Waals surface area contributed by atoms with Crippen molar-refractivity contribution in [3.63, 3.8) is 0 Å². The molecule has 0 bridgehead atoms. The van der Waals surface area contributed by atoms with Gasteiger partial charge in [-0.2, -0.15) is 0 Å². The number of hydrogen-bond acceptors (Lipinski definition) is 5. The van der Waals surface area contributed by atoms with Crippen molar-refractivity contribution in [1.82, 2.24) is 19.7 Å². The third-order valence-corrected chi connectivity index (χ3v) is 5.57. The van der Waals surface area contributed by atoms with Crippen molar-refractivity contribution in [1.29, 1.82) is 0 Å². The molecule has 0 aliphatic heterocycles. The number of aromatic nitrogens is 3. The number of rotatable bonds is 6. The van der Waals surface area contributed by atoms with E-state index in [1.165, 1.54) is 17.3 Å². The fourth-order valence-corrected chi connectivity index (χ4v) is 3.62. The zero-order chi connectivity index (χ0) is 20.3. The summed E-state index contributed by atoms with van der Waals surface area (Å²) in [7, 11) is 3.69. The van der Waals surface area contributed by atoms with E-state index in [1.807, 2.05) is 23.7 Å². The van der Waals surface area contributed by atoms with E-state index in [0.29, 0.717) is 12.3 Å². The molecule has 0 saturated carbocycles. The van der Waals surface area contributed by atoms with Crippen LogP contribution in [0.5, 0.6) is 0 Å². The first-order valence-electron chi connectivity index (χ1n) is 9.15. The summed E-state index contributed by atoms with van der Waals surface area (Å²) in [5.74, 6) is 1.87. The van der Waals surface area contributed by atoms with Gasteiger partial charge in [0.25, 0.3) is 0 Å². The summed E-state index contributed by atoms with van der Waals surface area (Å²) in [5, 5.41) is 9.29.